The first-order valence-corrected chi connectivity index (χ1v) is 10.3. The highest BCUT2D eigenvalue weighted by atomic mass is 16.5. The minimum atomic E-state index is -1.27. The summed E-state index contributed by atoms with van der Waals surface area (Å²) in [6.07, 6.45) is 1.99. The van der Waals surface area contributed by atoms with Crippen LogP contribution in [0.15, 0.2) is 78.9 Å². The van der Waals surface area contributed by atoms with E-state index in [-0.39, 0.29) is 5.91 Å². The van der Waals surface area contributed by atoms with Gasteiger partial charge in [0.25, 0.3) is 0 Å². The monoisotopic (exact) mass is 417 g/mol. The lowest BCUT2D eigenvalue weighted by atomic mass is 10.0. The van der Waals surface area contributed by atoms with E-state index in [9.17, 15) is 9.59 Å². The molecule has 0 bridgehead atoms. The van der Waals surface area contributed by atoms with Gasteiger partial charge in [-0.3, -0.25) is 4.79 Å². The number of ether oxygens (including phenoxy) is 1. The van der Waals surface area contributed by atoms with E-state index >= 15 is 0 Å². The van der Waals surface area contributed by atoms with E-state index in [1.165, 1.54) is 13.8 Å². The number of anilines is 1. The first-order valence-electron chi connectivity index (χ1n) is 10.3. The Balaban J connectivity index is 1.54. The third kappa shape index (κ3) is 6.71. The maximum atomic E-state index is 12.3. The molecule has 0 fully saturated rings. The van der Waals surface area contributed by atoms with Gasteiger partial charge in [0.2, 0.25) is 5.91 Å². The van der Waals surface area contributed by atoms with E-state index in [1.54, 1.807) is 12.1 Å². The Labute approximate surface area is 182 Å². The summed E-state index contributed by atoms with van der Waals surface area (Å²) in [5.74, 6) is -0.519. The molecule has 0 aliphatic carbocycles. The first-order chi connectivity index (χ1) is 14.8. The van der Waals surface area contributed by atoms with E-state index in [4.69, 9.17) is 9.84 Å². The average molecular weight is 418 g/mol. The molecule has 2 N–H and O–H groups in total. The summed E-state index contributed by atoms with van der Waals surface area (Å²) in [6.45, 7) is 3.05. The van der Waals surface area contributed by atoms with Crippen molar-refractivity contribution < 1.29 is 19.4 Å². The van der Waals surface area contributed by atoms with Crippen molar-refractivity contribution in [3.63, 3.8) is 0 Å². The lowest BCUT2D eigenvalue weighted by Gasteiger charge is -2.21. The Morgan fingerprint density at radius 1 is 0.839 bits per heavy atom. The average Bonchev–Trinajstić information content (AvgIpc) is 2.74. The fraction of sp³-hybridized carbons (Fsp3) is 0.231. The summed E-state index contributed by atoms with van der Waals surface area (Å²) in [5.41, 5.74) is 2.75. The van der Waals surface area contributed by atoms with Gasteiger partial charge < -0.3 is 15.2 Å². The van der Waals surface area contributed by atoms with Gasteiger partial charge in [0, 0.05) is 5.69 Å². The van der Waals surface area contributed by atoms with Crippen LogP contribution in [0.25, 0.3) is 0 Å². The number of aryl methyl sites for hydroxylation is 2. The maximum absolute atomic E-state index is 12.3. The van der Waals surface area contributed by atoms with Gasteiger partial charge in [-0.15, -0.1) is 0 Å². The zero-order valence-electron chi connectivity index (χ0n) is 17.8. The van der Waals surface area contributed by atoms with Crippen molar-refractivity contribution in [1.82, 2.24) is 0 Å². The fourth-order valence-electron chi connectivity index (χ4n) is 3.14. The molecule has 0 saturated carbocycles. The second-order valence-corrected chi connectivity index (χ2v) is 7.97. The summed E-state index contributed by atoms with van der Waals surface area (Å²) in [4.78, 5) is 23.5. The number of aliphatic carboxylic acids is 1. The number of hydrogen-bond acceptors (Lipinski definition) is 3. The second kappa shape index (κ2) is 9.94. The van der Waals surface area contributed by atoms with E-state index < -0.39 is 11.6 Å². The lowest BCUT2D eigenvalue weighted by Crippen LogP contribution is -2.37. The SMILES string of the molecule is CC(C)(Oc1ccc(CCc2cccc(NC(=O)Cc3ccccc3)c2)cc1)C(=O)O. The molecule has 3 aromatic carbocycles. The summed E-state index contributed by atoms with van der Waals surface area (Å²) in [6, 6.07) is 25.0. The minimum Gasteiger partial charge on any atom is -0.478 e. The van der Waals surface area contributed by atoms with Gasteiger partial charge >= 0.3 is 5.97 Å². The smallest absolute Gasteiger partial charge is 0.347 e. The fourth-order valence-corrected chi connectivity index (χ4v) is 3.14. The van der Waals surface area contributed by atoms with Gasteiger partial charge in [0.05, 0.1) is 6.42 Å². The number of carboxylic acids is 1. The number of benzene rings is 3. The van der Waals surface area contributed by atoms with Crippen LogP contribution >= 0.6 is 0 Å². The summed E-state index contributed by atoms with van der Waals surface area (Å²) < 4.78 is 5.54. The van der Waals surface area contributed by atoms with Crippen LogP contribution in [0.2, 0.25) is 0 Å². The zero-order chi connectivity index (χ0) is 22.3. The lowest BCUT2D eigenvalue weighted by molar-refractivity contribution is -0.152. The summed E-state index contributed by atoms with van der Waals surface area (Å²) >= 11 is 0. The van der Waals surface area contributed by atoms with Crippen LogP contribution in [0.1, 0.15) is 30.5 Å². The number of hydrogen-bond donors (Lipinski definition) is 2. The Morgan fingerprint density at radius 3 is 2.16 bits per heavy atom. The van der Waals surface area contributed by atoms with Gasteiger partial charge in [-0.2, -0.15) is 0 Å². The topological polar surface area (TPSA) is 75.6 Å². The predicted molar refractivity (Wildman–Crippen MR) is 121 cm³/mol. The molecular formula is C26H27NO4. The molecule has 0 aliphatic rings. The molecule has 3 aromatic rings. The van der Waals surface area contributed by atoms with Crippen molar-refractivity contribution in [3.05, 3.63) is 95.6 Å². The van der Waals surface area contributed by atoms with E-state index in [1.807, 2.05) is 66.7 Å². The van der Waals surface area contributed by atoms with Crippen LogP contribution in [0.5, 0.6) is 5.75 Å². The van der Waals surface area contributed by atoms with Crippen LogP contribution in [0, 0.1) is 0 Å². The number of rotatable bonds is 9. The number of carbonyl (C=O) groups is 2. The standard InChI is InChI=1S/C26H27NO4/c1-26(2,25(29)30)31-23-15-13-19(14-16-23)11-12-21-9-6-10-22(17-21)27-24(28)18-20-7-4-3-5-8-20/h3-10,13-17H,11-12,18H2,1-2H3,(H,27,28)(H,29,30). The number of nitrogens with one attached hydrogen (secondary N) is 1. The Bertz CT molecular complexity index is 1030. The van der Waals surface area contributed by atoms with Gasteiger partial charge in [-0.25, -0.2) is 4.79 Å². The molecule has 1 amide bonds. The molecule has 0 spiro atoms. The highest BCUT2D eigenvalue weighted by molar-refractivity contribution is 5.92. The van der Waals surface area contributed by atoms with Crippen molar-refractivity contribution in [2.24, 2.45) is 0 Å². The molecule has 0 atom stereocenters. The van der Waals surface area contributed by atoms with Gasteiger partial charge in [0.15, 0.2) is 5.60 Å². The summed E-state index contributed by atoms with van der Waals surface area (Å²) in [5, 5.41) is 12.1. The molecule has 0 saturated heterocycles. The Hall–Kier alpha value is -3.60. The second-order valence-electron chi connectivity index (χ2n) is 7.97. The van der Waals surface area contributed by atoms with Crippen LogP contribution in [0.3, 0.4) is 0 Å². The Kier molecular flexibility index (Phi) is 7.08. The molecule has 0 unspecified atom stereocenters. The molecule has 0 aliphatic heterocycles. The molecule has 5 nitrogen and oxygen atoms in total. The highest BCUT2D eigenvalue weighted by Crippen LogP contribution is 2.20. The van der Waals surface area contributed by atoms with Crippen molar-refractivity contribution in [1.29, 1.82) is 0 Å². The van der Waals surface area contributed by atoms with Crippen molar-refractivity contribution in [3.8, 4) is 5.75 Å². The van der Waals surface area contributed by atoms with Crippen LogP contribution < -0.4 is 10.1 Å². The van der Waals surface area contributed by atoms with E-state index in [0.29, 0.717) is 12.2 Å². The van der Waals surface area contributed by atoms with Crippen LogP contribution in [-0.2, 0) is 28.9 Å². The third-order valence-corrected chi connectivity index (χ3v) is 4.93. The largest absolute Gasteiger partial charge is 0.478 e. The Morgan fingerprint density at radius 2 is 1.48 bits per heavy atom. The van der Waals surface area contributed by atoms with Gasteiger partial charge in [-0.05, 0) is 67.6 Å². The van der Waals surface area contributed by atoms with Gasteiger partial charge in [0.1, 0.15) is 5.75 Å². The molecule has 31 heavy (non-hydrogen) atoms. The first kappa shape index (κ1) is 22.1. The molecular weight excluding hydrogens is 390 g/mol. The molecule has 5 heteroatoms. The molecule has 160 valence electrons. The van der Waals surface area contributed by atoms with Crippen molar-refractivity contribution >= 4 is 17.6 Å². The molecule has 3 rings (SSSR count). The van der Waals surface area contributed by atoms with Crippen LogP contribution in [0.4, 0.5) is 5.69 Å². The van der Waals surface area contributed by atoms with Crippen LogP contribution in [-0.4, -0.2) is 22.6 Å². The minimum absolute atomic E-state index is 0.0387. The van der Waals surface area contributed by atoms with E-state index in [0.717, 1.165) is 35.2 Å². The highest BCUT2D eigenvalue weighted by Gasteiger charge is 2.29. The quantitative estimate of drug-likeness (QED) is 0.519. The number of carbonyl (C=O) groups excluding carboxylic acids is 1. The maximum Gasteiger partial charge on any atom is 0.347 e. The normalized spacial score (nSPS) is 11.0. The van der Waals surface area contributed by atoms with Crippen molar-refractivity contribution in [2.75, 3.05) is 5.32 Å². The van der Waals surface area contributed by atoms with Crippen molar-refractivity contribution in [2.45, 2.75) is 38.7 Å². The molecule has 0 aromatic heterocycles. The number of carboxylic acid groups (broad SMARTS) is 1. The zero-order valence-corrected chi connectivity index (χ0v) is 17.8. The summed E-state index contributed by atoms with van der Waals surface area (Å²) in [7, 11) is 0. The molecule has 0 heterocycles. The third-order valence-electron chi connectivity index (χ3n) is 4.93. The van der Waals surface area contributed by atoms with E-state index in [2.05, 4.69) is 5.32 Å². The molecule has 0 radical (unpaired) electrons. The predicted octanol–water partition coefficient (Wildman–Crippen LogP) is 4.90. The number of amides is 1. The van der Waals surface area contributed by atoms with Gasteiger partial charge in [-0.1, -0.05) is 54.6 Å².